The van der Waals surface area contributed by atoms with E-state index in [0.29, 0.717) is 12.8 Å². The van der Waals surface area contributed by atoms with Gasteiger partial charge < -0.3 is 20.1 Å². The van der Waals surface area contributed by atoms with Crippen molar-refractivity contribution in [3.8, 4) is 0 Å². The highest BCUT2D eigenvalue weighted by molar-refractivity contribution is 7.47. The summed E-state index contributed by atoms with van der Waals surface area (Å²) in [6.07, 6.45) is 71.2. The minimum absolute atomic E-state index is 0.0507. The van der Waals surface area contributed by atoms with Crippen molar-refractivity contribution in [1.82, 2.24) is 0 Å². The second kappa shape index (κ2) is 55.8. The highest BCUT2D eigenvalue weighted by atomic mass is 31.2. The van der Waals surface area contributed by atoms with E-state index in [1.165, 1.54) is 135 Å². The number of phosphoric ester groups is 1. The summed E-state index contributed by atoms with van der Waals surface area (Å²) >= 11 is 0. The van der Waals surface area contributed by atoms with Crippen molar-refractivity contribution in [2.45, 2.75) is 270 Å². The summed E-state index contributed by atoms with van der Waals surface area (Å²) in [6, 6.07) is 0. The van der Waals surface area contributed by atoms with Gasteiger partial charge in [-0.3, -0.25) is 18.6 Å². The number of hydrogen-bond acceptors (Lipinski definition) is 8. The van der Waals surface area contributed by atoms with Gasteiger partial charge in [-0.05, 0) is 77.0 Å². The molecule has 3 N–H and O–H groups in total. The minimum atomic E-state index is -4.39. The number of carbonyl (C=O) groups is 2. The number of esters is 2. The maximum Gasteiger partial charge on any atom is 0.472 e. The Morgan fingerprint density at radius 1 is 0.443 bits per heavy atom. The van der Waals surface area contributed by atoms with Crippen molar-refractivity contribution in [2.75, 3.05) is 26.4 Å². The van der Waals surface area contributed by atoms with Gasteiger partial charge in [-0.1, -0.05) is 247 Å². The van der Waals surface area contributed by atoms with Gasteiger partial charge in [-0.2, -0.15) is 0 Å². The molecule has 2 atom stereocenters. The van der Waals surface area contributed by atoms with Crippen molar-refractivity contribution in [1.29, 1.82) is 0 Å². The molecule has 0 rings (SSSR count). The normalized spacial score (nSPS) is 13.6. The van der Waals surface area contributed by atoms with Gasteiger partial charge in [-0.25, -0.2) is 4.57 Å². The zero-order chi connectivity index (χ0) is 51.0. The molecule has 0 saturated heterocycles. The third-order valence-electron chi connectivity index (χ3n) is 12.3. The van der Waals surface area contributed by atoms with Crippen molar-refractivity contribution in [2.24, 2.45) is 5.73 Å². The van der Waals surface area contributed by atoms with Gasteiger partial charge in [0.05, 0.1) is 13.2 Å². The molecule has 0 heterocycles. The summed E-state index contributed by atoms with van der Waals surface area (Å²) in [5.41, 5.74) is 5.37. The van der Waals surface area contributed by atoms with E-state index in [1.54, 1.807) is 0 Å². The van der Waals surface area contributed by atoms with Gasteiger partial charge in [0.2, 0.25) is 0 Å². The van der Waals surface area contributed by atoms with Gasteiger partial charge in [0.25, 0.3) is 0 Å². The number of ether oxygens (including phenoxy) is 2. The number of rotatable bonds is 54. The molecule has 0 aromatic heterocycles. The molecule has 0 saturated carbocycles. The van der Waals surface area contributed by atoms with Crippen molar-refractivity contribution < 1.29 is 37.6 Å². The first kappa shape index (κ1) is 67.5. The number of allylic oxidation sites excluding steroid dienone is 12. The molecular weight excluding hydrogens is 894 g/mol. The standard InChI is InChI=1S/C60H108NO8P/c1-3-5-7-9-11-13-15-17-19-20-21-22-23-24-25-26-27-28-29-30-31-32-33-34-35-36-37-38-39-41-43-45-47-49-51-53-60(63)69-58(57-68-70(64,65)67-55-54-61)56-66-59(62)52-50-48-46-44-42-40-18-16-14-12-10-8-6-4-2/h5,7,10-13,16-19,21-22,58H,3-4,6,8-9,14-15,20,23-57,61H2,1-2H3,(H,64,65)/b7-5-,12-10-,13-11-,18-16-,19-17-,22-21-. The Morgan fingerprint density at radius 2 is 0.786 bits per heavy atom. The Balaban J connectivity index is 3.83. The average molecular weight is 1000 g/mol. The van der Waals surface area contributed by atoms with E-state index in [2.05, 4.69) is 86.8 Å². The van der Waals surface area contributed by atoms with Gasteiger partial charge in [0.15, 0.2) is 6.10 Å². The van der Waals surface area contributed by atoms with Crippen LogP contribution in [0, 0.1) is 0 Å². The first-order valence-electron chi connectivity index (χ1n) is 28.9. The van der Waals surface area contributed by atoms with Crippen LogP contribution in [-0.2, 0) is 32.7 Å². The van der Waals surface area contributed by atoms with E-state index in [-0.39, 0.29) is 32.6 Å². The topological polar surface area (TPSA) is 134 Å². The maximum absolute atomic E-state index is 12.7. The van der Waals surface area contributed by atoms with Gasteiger partial charge in [0, 0.05) is 19.4 Å². The van der Waals surface area contributed by atoms with E-state index in [1.807, 2.05) is 0 Å². The van der Waals surface area contributed by atoms with Crippen LogP contribution in [0.2, 0.25) is 0 Å². The number of nitrogens with two attached hydrogens (primary N) is 1. The summed E-state index contributed by atoms with van der Waals surface area (Å²) in [5.74, 6) is -0.837. The fourth-order valence-electron chi connectivity index (χ4n) is 8.06. The Hall–Kier alpha value is -2.55. The monoisotopic (exact) mass is 1000 g/mol. The molecule has 2 unspecified atom stereocenters. The Kier molecular flexibility index (Phi) is 53.7. The fourth-order valence-corrected chi connectivity index (χ4v) is 8.82. The highest BCUT2D eigenvalue weighted by Gasteiger charge is 2.26. The number of phosphoric acid groups is 1. The molecule has 0 aromatic carbocycles. The van der Waals surface area contributed by atoms with Crippen LogP contribution in [-0.4, -0.2) is 49.3 Å². The molecular formula is C60H108NO8P. The lowest BCUT2D eigenvalue weighted by Gasteiger charge is -2.19. The second-order valence-electron chi connectivity index (χ2n) is 19.1. The minimum Gasteiger partial charge on any atom is -0.462 e. The lowest BCUT2D eigenvalue weighted by molar-refractivity contribution is -0.161. The molecule has 0 amide bonds. The third-order valence-corrected chi connectivity index (χ3v) is 13.3. The zero-order valence-electron chi connectivity index (χ0n) is 45.2. The van der Waals surface area contributed by atoms with Crippen LogP contribution in [0.25, 0.3) is 0 Å². The summed E-state index contributed by atoms with van der Waals surface area (Å²) in [5, 5.41) is 0. The van der Waals surface area contributed by atoms with E-state index in [4.69, 9.17) is 24.3 Å². The van der Waals surface area contributed by atoms with Crippen LogP contribution < -0.4 is 5.73 Å². The molecule has 0 fully saturated rings. The highest BCUT2D eigenvalue weighted by Crippen LogP contribution is 2.43. The van der Waals surface area contributed by atoms with Crippen molar-refractivity contribution in [3.63, 3.8) is 0 Å². The van der Waals surface area contributed by atoms with Gasteiger partial charge in [0.1, 0.15) is 6.61 Å². The van der Waals surface area contributed by atoms with Crippen LogP contribution >= 0.6 is 7.82 Å². The third kappa shape index (κ3) is 54.8. The van der Waals surface area contributed by atoms with E-state index in [9.17, 15) is 19.0 Å². The summed E-state index contributed by atoms with van der Waals surface area (Å²) in [4.78, 5) is 35.1. The van der Waals surface area contributed by atoms with Crippen molar-refractivity contribution in [3.05, 3.63) is 72.9 Å². The van der Waals surface area contributed by atoms with Crippen LogP contribution in [0.1, 0.15) is 264 Å². The lowest BCUT2D eigenvalue weighted by atomic mass is 10.0. The summed E-state index contributed by atoms with van der Waals surface area (Å²) in [6.45, 7) is 3.59. The maximum atomic E-state index is 12.7. The van der Waals surface area contributed by atoms with E-state index >= 15 is 0 Å². The Morgan fingerprint density at radius 3 is 1.17 bits per heavy atom. The van der Waals surface area contributed by atoms with Crippen LogP contribution in [0.3, 0.4) is 0 Å². The van der Waals surface area contributed by atoms with Crippen LogP contribution in [0.5, 0.6) is 0 Å². The van der Waals surface area contributed by atoms with Gasteiger partial charge in [-0.15, -0.1) is 0 Å². The Bertz CT molecular complexity index is 1370. The molecule has 0 aliphatic heterocycles. The largest absolute Gasteiger partial charge is 0.472 e. The molecule has 0 radical (unpaired) electrons. The first-order valence-corrected chi connectivity index (χ1v) is 30.4. The van der Waals surface area contributed by atoms with Gasteiger partial charge >= 0.3 is 19.8 Å². The quantitative estimate of drug-likeness (QED) is 0.0264. The van der Waals surface area contributed by atoms with Crippen LogP contribution in [0.15, 0.2) is 72.9 Å². The fraction of sp³-hybridized carbons (Fsp3) is 0.767. The molecule has 10 heteroatoms. The predicted molar refractivity (Wildman–Crippen MR) is 298 cm³/mol. The Labute approximate surface area is 431 Å². The van der Waals surface area contributed by atoms with E-state index in [0.717, 1.165) is 89.9 Å². The van der Waals surface area contributed by atoms with E-state index < -0.39 is 32.5 Å². The SMILES string of the molecule is CC/C=C\C/C=C\C/C=C\C/C=C\CCCCCCCCCCCCCCCCCCCCCCCCC(=O)OC(COC(=O)CCCCCCC/C=C\C/C=C\CCCC)COP(=O)(O)OCCN. The number of unbranched alkanes of at least 4 members (excludes halogenated alkanes) is 29. The molecule has 0 aliphatic rings. The van der Waals surface area contributed by atoms with Crippen molar-refractivity contribution >= 4 is 19.8 Å². The molecule has 0 spiro atoms. The predicted octanol–water partition coefficient (Wildman–Crippen LogP) is 18.1. The summed E-state index contributed by atoms with van der Waals surface area (Å²) in [7, 11) is -4.39. The average Bonchev–Trinajstić information content (AvgIpc) is 3.35. The lowest BCUT2D eigenvalue weighted by Crippen LogP contribution is -2.29. The molecule has 70 heavy (non-hydrogen) atoms. The number of hydrogen-bond donors (Lipinski definition) is 2. The molecule has 0 aliphatic carbocycles. The van der Waals surface area contributed by atoms with Crippen LogP contribution in [0.4, 0.5) is 0 Å². The smallest absolute Gasteiger partial charge is 0.462 e. The molecule has 0 aromatic rings. The molecule has 0 bridgehead atoms. The zero-order valence-corrected chi connectivity index (χ0v) is 46.1. The second-order valence-corrected chi connectivity index (χ2v) is 20.6. The number of carbonyl (C=O) groups excluding carboxylic acids is 2. The first-order chi connectivity index (χ1) is 34.3. The molecule has 9 nitrogen and oxygen atoms in total. The summed E-state index contributed by atoms with van der Waals surface area (Å²) < 4.78 is 33.0. The molecule has 406 valence electrons.